The van der Waals surface area contributed by atoms with E-state index in [1.807, 2.05) is 0 Å². The lowest BCUT2D eigenvalue weighted by Crippen LogP contribution is -2.45. The number of aromatic amines is 1. The zero-order valence-corrected chi connectivity index (χ0v) is 8.68. The zero-order chi connectivity index (χ0) is 10.4. The molecule has 2 saturated heterocycles. The van der Waals surface area contributed by atoms with Gasteiger partial charge in [0.2, 0.25) is 5.95 Å². The molecular formula is C10H14N4O. The largest absolute Gasteiger partial charge is 0.336 e. The number of nitrogens with zero attached hydrogens (tertiary/aromatic N) is 3. The lowest BCUT2D eigenvalue weighted by molar-refractivity contribution is 0.291. The number of nitrogens with one attached hydrogen (secondary N) is 1. The average molecular weight is 206 g/mol. The van der Waals surface area contributed by atoms with Crippen LogP contribution in [-0.2, 0) is 0 Å². The third kappa shape index (κ3) is 1.34. The molecular weight excluding hydrogens is 192 g/mol. The van der Waals surface area contributed by atoms with E-state index in [1.54, 1.807) is 6.20 Å². The summed E-state index contributed by atoms with van der Waals surface area (Å²) in [6.07, 6.45) is 2.76. The number of likely N-dealkylation sites (N-methyl/N-ethyl adjacent to an activating group) is 1. The van der Waals surface area contributed by atoms with Gasteiger partial charge in [0.25, 0.3) is 5.56 Å². The highest BCUT2D eigenvalue weighted by Gasteiger charge is 2.42. The second kappa shape index (κ2) is 3.06. The summed E-state index contributed by atoms with van der Waals surface area (Å²) in [4.78, 5) is 22.8. The first-order valence-corrected chi connectivity index (χ1v) is 5.26. The molecule has 3 heterocycles. The Balaban J connectivity index is 1.89. The van der Waals surface area contributed by atoms with E-state index in [0.717, 1.165) is 19.0 Å². The number of H-pyrrole nitrogens is 1. The summed E-state index contributed by atoms with van der Waals surface area (Å²) in [5.41, 5.74) is -0.0730. The Morgan fingerprint density at radius 3 is 2.93 bits per heavy atom. The van der Waals surface area contributed by atoms with Gasteiger partial charge in [0.05, 0.1) is 0 Å². The van der Waals surface area contributed by atoms with Crippen molar-refractivity contribution < 1.29 is 0 Å². The van der Waals surface area contributed by atoms with Gasteiger partial charge in [0, 0.05) is 37.4 Å². The fourth-order valence-corrected chi connectivity index (χ4v) is 2.63. The third-order valence-electron chi connectivity index (χ3n) is 3.44. The van der Waals surface area contributed by atoms with E-state index in [9.17, 15) is 4.79 Å². The predicted molar refractivity (Wildman–Crippen MR) is 57.0 cm³/mol. The fourth-order valence-electron chi connectivity index (χ4n) is 2.63. The number of rotatable bonds is 1. The molecule has 5 heteroatoms. The molecule has 80 valence electrons. The molecule has 0 amide bonds. The number of aromatic nitrogens is 2. The van der Waals surface area contributed by atoms with Crippen molar-refractivity contribution >= 4 is 5.95 Å². The highest BCUT2D eigenvalue weighted by molar-refractivity contribution is 5.36. The molecule has 2 aliphatic rings. The van der Waals surface area contributed by atoms with E-state index in [0.29, 0.717) is 12.1 Å². The molecule has 2 unspecified atom stereocenters. The van der Waals surface area contributed by atoms with Crippen molar-refractivity contribution in [3.8, 4) is 0 Å². The maximum Gasteiger partial charge on any atom is 0.252 e. The van der Waals surface area contributed by atoms with Gasteiger partial charge in [-0.1, -0.05) is 0 Å². The molecule has 1 N–H and O–H groups in total. The average Bonchev–Trinajstić information content (AvgIpc) is 2.76. The first-order valence-electron chi connectivity index (χ1n) is 5.26. The minimum absolute atomic E-state index is 0.0730. The normalized spacial score (nSPS) is 30.1. The predicted octanol–water partition coefficient (Wildman–Crippen LogP) is -0.337. The number of fused-ring (bicyclic) bond motifs is 2. The van der Waals surface area contributed by atoms with Crippen LogP contribution in [-0.4, -0.2) is 47.1 Å². The Hall–Kier alpha value is -1.36. The summed E-state index contributed by atoms with van der Waals surface area (Å²) in [5, 5.41) is 0. The van der Waals surface area contributed by atoms with E-state index in [4.69, 9.17) is 0 Å². The van der Waals surface area contributed by atoms with Crippen LogP contribution in [0.5, 0.6) is 0 Å². The van der Waals surface area contributed by atoms with Gasteiger partial charge in [-0.15, -0.1) is 0 Å². The van der Waals surface area contributed by atoms with Gasteiger partial charge in [0.15, 0.2) is 0 Å². The number of hydrogen-bond acceptors (Lipinski definition) is 4. The molecule has 0 aliphatic carbocycles. The summed E-state index contributed by atoms with van der Waals surface area (Å²) in [6, 6.07) is 2.59. The van der Waals surface area contributed by atoms with Gasteiger partial charge in [-0.3, -0.25) is 14.7 Å². The molecule has 1 aromatic rings. The van der Waals surface area contributed by atoms with Crippen LogP contribution < -0.4 is 10.5 Å². The van der Waals surface area contributed by atoms with Crippen molar-refractivity contribution in [2.24, 2.45) is 0 Å². The Kier molecular flexibility index (Phi) is 1.82. The molecule has 2 atom stereocenters. The third-order valence-corrected chi connectivity index (χ3v) is 3.44. The molecule has 2 bridgehead atoms. The SMILES string of the molecule is CN1CC2CC1CN2c1nccc(=O)[nH]1. The first-order chi connectivity index (χ1) is 7.24. The van der Waals surface area contributed by atoms with Crippen molar-refractivity contribution in [1.82, 2.24) is 14.9 Å². The van der Waals surface area contributed by atoms with Gasteiger partial charge in [-0.05, 0) is 13.5 Å². The minimum atomic E-state index is -0.0730. The molecule has 5 nitrogen and oxygen atoms in total. The van der Waals surface area contributed by atoms with Gasteiger partial charge in [0.1, 0.15) is 0 Å². The van der Waals surface area contributed by atoms with Crippen LogP contribution in [0.4, 0.5) is 5.95 Å². The number of anilines is 1. The molecule has 0 radical (unpaired) electrons. The fraction of sp³-hybridized carbons (Fsp3) is 0.600. The van der Waals surface area contributed by atoms with Crippen LogP contribution in [0, 0.1) is 0 Å². The molecule has 3 rings (SSSR count). The van der Waals surface area contributed by atoms with Gasteiger partial charge >= 0.3 is 0 Å². The number of likely N-dealkylation sites (tertiary alicyclic amines) is 1. The van der Waals surface area contributed by atoms with Crippen LogP contribution in [0.25, 0.3) is 0 Å². The number of hydrogen-bond donors (Lipinski definition) is 1. The highest BCUT2D eigenvalue weighted by Crippen LogP contribution is 2.31. The standard InChI is InChI=1S/C10H14N4O/c1-13-5-8-4-7(13)6-14(8)10-11-3-2-9(15)12-10/h2-3,7-8H,4-6H2,1H3,(H,11,12,15). The van der Waals surface area contributed by atoms with Gasteiger partial charge < -0.3 is 4.90 Å². The summed E-state index contributed by atoms with van der Waals surface area (Å²) < 4.78 is 0. The van der Waals surface area contributed by atoms with Crippen molar-refractivity contribution in [3.63, 3.8) is 0 Å². The van der Waals surface area contributed by atoms with Crippen LogP contribution >= 0.6 is 0 Å². The second-order valence-corrected chi connectivity index (χ2v) is 4.39. The monoisotopic (exact) mass is 206 g/mol. The molecule has 0 aromatic carbocycles. The van der Waals surface area contributed by atoms with E-state index < -0.39 is 0 Å². The topological polar surface area (TPSA) is 52.2 Å². The lowest BCUT2D eigenvalue weighted by atomic mass is 10.2. The van der Waals surface area contributed by atoms with Crippen molar-refractivity contribution in [3.05, 3.63) is 22.6 Å². The van der Waals surface area contributed by atoms with Crippen molar-refractivity contribution in [2.75, 3.05) is 25.0 Å². The van der Waals surface area contributed by atoms with Crippen molar-refractivity contribution in [1.29, 1.82) is 0 Å². The van der Waals surface area contributed by atoms with Crippen molar-refractivity contribution in [2.45, 2.75) is 18.5 Å². The summed E-state index contributed by atoms with van der Waals surface area (Å²) in [6.45, 7) is 2.05. The summed E-state index contributed by atoms with van der Waals surface area (Å²) >= 11 is 0. The quantitative estimate of drug-likeness (QED) is 0.683. The van der Waals surface area contributed by atoms with E-state index in [-0.39, 0.29) is 5.56 Å². The first kappa shape index (κ1) is 8.91. The smallest absolute Gasteiger partial charge is 0.252 e. The summed E-state index contributed by atoms with van der Waals surface area (Å²) in [7, 11) is 2.16. The molecule has 2 fully saturated rings. The Morgan fingerprint density at radius 2 is 2.33 bits per heavy atom. The Bertz CT molecular complexity index is 427. The Morgan fingerprint density at radius 1 is 1.47 bits per heavy atom. The molecule has 1 aromatic heterocycles. The maximum absolute atomic E-state index is 11.2. The molecule has 0 spiro atoms. The zero-order valence-electron chi connectivity index (χ0n) is 8.68. The van der Waals surface area contributed by atoms with Crippen LogP contribution in [0.2, 0.25) is 0 Å². The molecule has 2 aliphatic heterocycles. The van der Waals surface area contributed by atoms with Gasteiger partial charge in [-0.25, -0.2) is 4.98 Å². The summed E-state index contributed by atoms with van der Waals surface area (Å²) in [5.74, 6) is 0.725. The van der Waals surface area contributed by atoms with E-state index >= 15 is 0 Å². The number of piperazine rings is 1. The Labute approximate surface area is 87.7 Å². The van der Waals surface area contributed by atoms with Crippen LogP contribution in [0.3, 0.4) is 0 Å². The van der Waals surface area contributed by atoms with Crippen LogP contribution in [0.1, 0.15) is 6.42 Å². The maximum atomic E-state index is 11.2. The van der Waals surface area contributed by atoms with Gasteiger partial charge in [-0.2, -0.15) is 0 Å². The highest BCUT2D eigenvalue weighted by atomic mass is 16.1. The molecule has 0 saturated carbocycles. The minimum Gasteiger partial charge on any atom is -0.336 e. The lowest BCUT2D eigenvalue weighted by Gasteiger charge is -2.32. The van der Waals surface area contributed by atoms with E-state index in [2.05, 4.69) is 26.8 Å². The van der Waals surface area contributed by atoms with Crippen LogP contribution in [0.15, 0.2) is 17.1 Å². The second-order valence-electron chi connectivity index (χ2n) is 4.39. The van der Waals surface area contributed by atoms with E-state index in [1.165, 1.54) is 12.5 Å². The molecule has 15 heavy (non-hydrogen) atoms.